The van der Waals surface area contributed by atoms with Crippen molar-refractivity contribution in [2.75, 3.05) is 5.73 Å². The van der Waals surface area contributed by atoms with Crippen LogP contribution in [0.5, 0.6) is 0 Å². The highest BCUT2D eigenvalue weighted by molar-refractivity contribution is 9.11. The summed E-state index contributed by atoms with van der Waals surface area (Å²) in [7, 11) is 0. The monoisotopic (exact) mass is 388 g/mol. The minimum atomic E-state index is -0.104. The molecule has 1 aromatic rings. The summed E-state index contributed by atoms with van der Waals surface area (Å²) < 4.78 is 1.95. The van der Waals surface area contributed by atoms with Gasteiger partial charge in [-0.3, -0.25) is 0 Å². The Balaban J connectivity index is 1.94. The number of nitrogens with two attached hydrogens (primary N) is 1. The van der Waals surface area contributed by atoms with Crippen LogP contribution < -0.4 is 11.1 Å². The molecule has 0 unspecified atom stereocenters. The van der Waals surface area contributed by atoms with E-state index >= 15 is 0 Å². The molecule has 0 aromatic heterocycles. The molecule has 0 radical (unpaired) electrons. The van der Waals surface area contributed by atoms with Crippen molar-refractivity contribution in [3.05, 3.63) is 26.6 Å². The predicted molar refractivity (Wildman–Crippen MR) is 81.4 cm³/mol. The van der Waals surface area contributed by atoms with Crippen LogP contribution in [0.2, 0.25) is 0 Å². The van der Waals surface area contributed by atoms with Crippen LogP contribution in [0, 0.1) is 0 Å². The summed E-state index contributed by atoms with van der Waals surface area (Å²) in [6.07, 6.45) is 3.77. The second-order valence-corrected chi connectivity index (χ2v) is 6.62. The van der Waals surface area contributed by atoms with Gasteiger partial charge in [0.15, 0.2) is 0 Å². The minimum Gasteiger partial charge on any atom is -0.398 e. The van der Waals surface area contributed by atoms with E-state index in [4.69, 9.17) is 5.73 Å². The van der Waals surface area contributed by atoms with Crippen molar-refractivity contribution in [3.8, 4) is 0 Å². The van der Waals surface area contributed by atoms with E-state index in [1.54, 1.807) is 0 Å². The van der Waals surface area contributed by atoms with Crippen molar-refractivity contribution in [3.63, 3.8) is 0 Å². The lowest BCUT2D eigenvalue weighted by molar-refractivity contribution is 0.116. The molecule has 0 bridgehead atoms. The van der Waals surface area contributed by atoms with Gasteiger partial charge in [-0.1, -0.05) is 15.9 Å². The number of rotatable bonds is 3. The molecule has 5 heteroatoms. The zero-order valence-corrected chi connectivity index (χ0v) is 13.3. The number of aliphatic hydroxyl groups is 1. The molecule has 1 saturated carbocycles. The Morgan fingerprint density at radius 2 is 1.89 bits per heavy atom. The van der Waals surface area contributed by atoms with Crippen LogP contribution in [-0.4, -0.2) is 17.3 Å². The third-order valence-corrected chi connectivity index (χ3v) is 4.57. The van der Waals surface area contributed by atoms with Gasteiger partial charge in [-0.05, 0) is 59.3 Å². The second kappa shape index (κ2) is 6.37. The number of nitrogen functional groups attached to an aromatic ring is 1. The average Bonchev–Trinajstić information content (AvgIpc) is 2.34. The number of anilines is 1. The van der Waals surface area contributed by atoms with Crippen molar-refractivity contribution >= 4 is 37.5 Å². The number of hydrogen-bond donors (Lipinski definition) is 3. The summed E-state index contributed by atoms with van der Waals surface area (Å²) in [5.74, 6) is 0. The van der Waals surface area contributed by atoms with Gasteiger partial charge in [0.25, 0.3) is 0 Å². The van der Waals surface area contributed by atoms with Gasteiger partial charge in [0, 0.05) is 21.5 Å². The zero-order valence-electron chi connectivity index (χ0n) is 10.1. The van der Waals surface area contributed by atoms with Crippen molar-refractivity contribution in [2.45, 2.75) is 44.4 Å². The molecule has 0 saturated heterocycles. The Morgan fingerprint density at radius 1 is 1.22 bits per heavy atom. The quantitative estimate of drug-likeness (QED) is 0.696. The summed E-state index contributed by atoms with van der Waals surface area (Å²) in [5.41, 5.74) is 7.93. The molecule has 2 rings (SSSR count). The van der Waals surface area contributed by atoms with E-state index in [1.807, 2.05) is 12.1 Å². The Labute approximate surface area is 124 Å². The van der Waals surface area contributed by atoms with E-state index in [0.717, 1.165) is 52.4 Å². The van der Waals surface area contributed by atoms with Crippen LogP contribution >= 0.6 is 31.9 Å². The number of aliphatic hydroxyl groups excluding tert-OH is 1. The summed E-state index contributed by atoms with van der Waals surface area (Å²) in [5, 5.41) is 13.0. The summed E-state index contributed by atoms with van der Waals surface area (Å²) in [6, 6.07) is 4.49. The Morgan fingerprint density at radius 3 is 2.56 bits per heavy atom. The van der Waals surface area contributed by atoms with E-state index in [2.05, 4.69) is 37.2 Å². The summed E-state index contributed by atoms with van der Waals surface area (Å²) >= 11 is 6.93. The van der Waals surface area contributed by atoms with E-state index < -0.39 is 0 Å². The van der Waals surface area contributed by atoms with Crippen molar-refractivity contribution in [1.29, 1.82) is 0 Å². The fourth-order valence-electron chi connectivity index (χ4n) is 2.32. The number of benzene rings is 1. The molecule has 100 valence electrons. The van der Waals surface area contributed by atoms with Crippen molar-refractivity contribution < 1.29 is 5.11 Å². The lowest BCUT2D eigenvalue weighted by Gasteiger charge is -2.26. The van der Waals surface area contributed by atoms with Crippen LogP contribution in [0.1, 0.15) is 31.2 Å². The fraction of sp³-hybridized carbons (Fsp3) is 0.538. The number of halogens is 2. The van der Waals surface area contributed by atoms with E-state index in [9.17, 15) is 5.11 Å². The molecule has 1 aliphatic rings. The molecule has 0 atom stereocenters. The first kappa shape index (κ1) is 14.3. The first-order chi connectivity index (χ1) is 8.56. The minimum absolute atomic E-state index is 0.104. The lowest BCUT2D eigenvalue weighted by atomic mass is 10.2. The van der Waals surface area contributed by atoms with E-state index in [-0.39, 0.29) is 6.10 Å². The van der Waals surface area contributed by atoms with Crippen LogP contribution in [-0.2, 0) is 6.54 Å². The fourth-order valence-corrected chi connectivity index (χ4v) is 3.63. The maximum absolute atomic E-state index is 9.47. The van der Waals surface area contributed by atoms with Gasteiger partial charge >= 0.3 is 0 Å². The van der Waals surface area contributed by atoms with E-state index in [0.29, 0.717) is 6.04 Å². The Kier molecular flexibility index (Phi) is 5.06. The second-order valence-electron chi connectivity index (χ2n) is 4.85. The maximum atomic E-state index is 9.47. The molecular formula is C13H18Br2N2O. The first-order valence-corrected chi connectivity index (χ1v) is 7.79. The standard InChI is InChI=1S/C13H18Br2N2O/c14-9-5-8(13(16)12(15)6-9)7-17-10-1-3-11(18)4-2-10/h5-6,10-11,17-18H,1-4,7,16H2/i1+2,2+2,3+2,4+2,10+2,11+2. The SMILES string of the molecule is Nc1c(Br)cc(Br)cc1CN[14CH]1[14CH2][14CH2][14CH](O)[14CH2][14CH2]1. The number of hydrogen-bond acceptors (Lipinski definition) is 3. The van der Waals surface area contributed by atoms with Gasteiger partial charge in [-0.25, -0.2) is 0 Å². The highest BCUT2D eigenvalue weighted by Crippen LogP contribution is 2.28. The zero-order chi connectivity index (χ0) is 13.1. The molecule has 18 heavy (non-hydrogen) atoms. The molecule has 1 fully saturated rings. The average molecular weight is 390 g/mol. The molecule has 3 nitrogen and oxygen atoms in total. The predicted octanol–water partition coefficient (Wildman–Crippen LogP) is 3.19. The molecule has 0 heterocycles. The van der Waals surface area contributed by atoms with Crippen molar-refractivity contribution in [1.82, 2.24) is 5.32 Å². The maximum Gasteiger partial charge on any atom is 0.0541 e. The molecule has 0 aliphatic heterocycles. The highest BCUT2D eigenvalue weighted by Gasteiger charge is 2.19. The molecule has 1 aromatic carbocycles. The largest absolute Gasteiger partial charge is 0.398 e. The van der Waals surface area contributed by atoms with Crippen LogP contribution in [0.15, 0.2) is 21.1 Å². The van der Waals surface area contributed by atoms with Gasteiger partial charge in [0.2, 0.25) is 0 Å². The van der Waals surface area contributed by atoms with Crippen molar-refractivity contribution in [2.24, 2.45) is 0 Å². The normalized spacial score (nSPS) is 24.2. The van der Waals surface area contributed by atoms with Gasteiger partial charge in [-0.15, -0.1) is 0 Å². The molecule has 4 N–H and O–H groups in total. The van der Waals surface area contributed by atoms with Gasteiger partial charge in [-0.2, -0.15) is 0 Å². The topological polar surface area (TPSA) is 58.3 Å². The van der Waals surface area contributed by atoms with Crippen LogP contribution in [0.25, 0.3) is 0 Å². The summed E-state index contributed by atoms with van der Waals surface area (Å²) in [4.78, 5) is 0. The third kappa shape index (κ3) is 3.70. The Bertz CT molecular complexity index is 418. The summed E-state index contributed by atoms with van der Waals surface area (Å²) in [6.45, 7) is 0.768. The first-order valence-electron chi connectivity index (χ1n) is 6.21. The molecule has 1 aliphatic carbocycles. The van der Waals surface area contributed by atoms with Crippen LogP contribution in [0.4, 0.5) is 5.69 Å². The highest BCUT2D eigenvalue weighted by atomic mass is 79.9. The van der Waals surface area contributed by atoms with Crippen LogP contribution in [0.3, 0.4) is 0 Å². The smallest absolute Gasteiger partial charge is 0.0541 e. The number of nitrogens with one attached hydrogen (secondary N) is 1. The third-order valence-electron chi connectivity index (χ3n) is 3.46. The Hall–Kier alpha value is -0.100. The van der Waals surface area contributed by atoms with E-state index in [1.165, 1.54) is 0 Å². The van der Waals surface area contributed by atoms with Gasteiger partial charge < -0.3 is 16.2 Å². The molecular weight excluding hydrogens is 372 g/mol. The van der Waals surface area contributed by atoms with Gasteiger partial charge in [0.05, 0.1) is 11.8 Å². The lowest BCUT2D eigenvalue weighted by Crippen LogP contribution is -2.34. The van der Waals surface area contributed by atoms with Gasteiger partial charge in [0.1, 0.15) is 0 Å². The molecule has 0 amide bonds. The molecule has 0 spiro atoms.